The molecule has 1 amide bonds. The number of methoxy groups -OCH3 is 1. The minimum absolute atomic E-state index is 0.295. The van der Waals surface area contributed by atoms with Crippen LogP contribution in [-0.4, -0.2) is 13.0 Å². The van der Waals surface area contributed by atoms with Crippen LogP contribution in [0.25, 0.3) is 10.8 Å². The normalized spacial score (nSPS) is 10.7. The standard InChI is InChI=1S/C18H12BrCl2NO2/c1-24-17-13(8-10-4-2-3-5-12(10)16(17)19)18(23)22-11-6-7-14(20)15(21)9-11/h2-9H,1H3,(H,22,23). The lowest BCUT2D eigenvalue weighted by Crippen LogP contribution is -2.13. The fourth-order valence-electron chi connectivity index (χ4n) is 2.42. The number of benzene rings is 3. The zero-order valence-corrected chi connectivity index (χ0v) is 15.7. The van der Waals surface area contributed by atoms with E-state index in [0.29, 0.717) is 27.0 Å². The highest BCUT2D eigenvalue weighted by molar-refractivity contribution is 9.10. The van der Waals surface area contributed by atoms with Gasteiger partial charge in [0.15, 0.2) is 0 Å². The van der Waals surface area contributed by atoms with E-state index in [9.17, 15) is 4.79 Å². The molecule has 6 heteroatoms. The van der Waals surface area contributed by atoms with Crippen molar-refractivity contribution in [1.29, 1.82) is 0 Å². The van der Waals surface area contributed by atoms with Gasteiger partial charge in [-0.15, -0.1) is 0 Å². The highest BCUT2D eigenvalue weighted by atomic mass is 79.9. The molecule has 0 heterocycles. The Kier molecular flexibility index (Phi) is 4.99. The molecule has 122 valence electrons. The fourth-order valence-corrected chi connectivity index (χ4v) is 3.46. The van der Waals surface area contributed by atoms with Crippen molar-refractivity contribution < 1.29 is 9.53 Å². The van der Waals surface area contributed by atoms with Gasteiger partial charge >= 0.3 is 0 Å². The maximum absolute atomic E-state index is 12.7. The number of carbonyl (C=O) groups excluding carboxylic acids is 1. The van der Waals surface area contributed by atoms with E-state index in [-0.39, 0.29) is 5.91 Å². The largest absolute Gasteiger partial charge is 0.495 e. The van der Waals surface area contributed by atoms with E-state index < -0.39 is 0 Å². The molecule has 24 heavy (non-hydrogen) atoms. The summed E-state index contributed by atoms with van der Waals surface area (Å²) < 4.78 is 6.17. The summed E-state index contributed by atoms with van der Waals surface area (Å²) in [5.74, 6) is 0.183. The average Bonchev–Trinajstić information content (AvgIpc) is 2.58. The van der Waals surface area contributed by atoms with Crippen molar-refractivity contribution in [1.82, 2.24) is 0 Å². The molecule has 0 saturated heterocycles. The fraction of sp³-hybridized carbons (Fsp3) is 0.0556. The average molecular weight is 425 g/mol. The number of hydrogen-bond acceptors (Lipinski definition) is 2. The van der Waals surface area contributed by atoms with Gasteiger partial charge in [0.25, 0.3) is 5.91 Å². The van der Waals surface area contributed by atoms with Crippen LogP contribution in [0.4, 0.5) is 5.69 Å². The van der Waals surface area contributed by atoms with Gasteiger partial charge in [-0.05, 0) is 51.0 Å². The number of nitrogens with one attached hydrogen (secondary N) is 1. The second-order valence-electron chi connectivity index (χ2n) is 5.08. The molecule has 0 aliphatic carbocycles. The minimum Gasteiger partial charge on any atom is -0.495 e. The SMILES string of the molecule is COc1c(C(=O)Nc2ccc(Cl)c(Cl)c2)cc2ccccc2c1Br. The molecule has 0 fully saturated rings. The van der Waals surface area contributed by atoms with Crippen LogP contribution in [0, 0.1) is 0 Å². The number of carbonyl (C=O) groups is 1. The minimum atomic E-state index is -0.295. The van der Waals surface area contributed by atoms with Gasteiger partial charge in [0, 0.05) is 5.69 Å². The molecule has 1 N–H and O–H groups in total. The van der Waals surface area contributed by atoms with E-state index in [4.69, 9.17) is 27.9 Å². The Morgan fingerprint density at radius 2 is 1.83 bits per heavy atom. The summed E-state index contributed by atoms with van der Waals surface area (Å²) in [4.78, 5) is 12.7. The second kappa shape index (κ2) is 7.01. The first-order chi connectivity index (χ1) is 11.5. The highest BCUT2D eigenvalue weighted by Gasteiger charge is 2.18. The van der Waals surface area contributed by atoms with E-state index >= 15 is 0 Å². The van der Waals surface area contributed by atoms with E-state index in [2.05, 4.69) is 21.2 Å². The van der Waals surface area contributed by atoms with Crippen LogP contribution in [0.1, 0.15) is 10.4 Å². The maximum atomic E-state index is 12.7. The molecule has 0 atom stereocenters. The molecule has 0 spiro atoms. The van der Waals surface area contributed by atoms with Gasteiger partial charge in [-0.3, -0.25) is 4.79 Å². The van der Waals surface area contributed by atoms with Crippen LogP contribution < -0.4 is 10.1 Å². The van der Waals surface area contributed by atoms with Crippen molar-refractivity contribution in [2.24, 2.45) is 0 Å². The van der Waals surface area contributed by atoms with Crippen LogP contribution >= 0.6 is 39.1 Å². The lowest BCUT2D eigenvalue weighted by Gasteiger charge is -2.14. The van der Waals surface area contributed by atoms with Crippen molar-refractivity contribution in [3.05, 3.63) is 68.6 Å². The Labute approximate surface area is 157 Å². The smallest absolute Gasteiger partial charge is 0.259 e. The summed E-state index contributed by atoms with van der Waals surface area (Å²) in [5, 5.41) is 5.52. The van der Waals surface area contributed by atoms with E-state index in [1.165, 1.54) is 7.11 Å². The number of fused-ring (bicyclic) bond motifs is 1. The molecule has 3 rings (SSSR count). The first-order valence-corrected chi connectivity index (χ1v) is 8.58. The molecule has 0 aliphatic heterocycles. The van der Waals surface area contributed by atoms with Crippen LogP contribution in [0.5, 0.6) is 5.75 Å². The Hall–Kier alpha value is -1.75. The molecular weight excluding hydrogens is 413 g/mol. The lowest BCUT2D eigenvalue weighted by atomic mass is 10.1. The Balaban J connectivity index is 2.04. The number of hydrogen-bond donors (Lipinski definition) is 1. The van der Waals surface area contributed by atoms with Crippen molar-refractivity contribution in [3.63, 3.8) is 0 Å². The molecule has 0 radical (unpaired) electrons. The summed E-state index contributed by atoms with van der Waals surface area (Å²) >= 11 is 15.4. The number of ether oxygens (including phenoxy) is 1. The highest BCUT2D eigenvalue weighted by Crippen LogP contribution is 2.37. The zero-order chi connectivity index (χ0) is 17.3. The third-order valence-electron chi connectivity index (χ3n) is 3.57. The van der Waals surface area contributed by atoms with Crippen molar-refractivity contribution >= 4 is 61.5 Å². The summed E-state index contributed by atoms with van der Waals surface area (Å²) in [6, 6.07) is 14.5. The third kappa shape index (κ3) is 3.22. The van der Waals surface area contributed by atoms with E-state index in [0.717, 1.165) is 15.2 Å². The van der Waals surface area contributed by atoms with Crippen molar-refractivity contribution in [2.75, 3.05) is 12.4 Å². The topological polar surface area (TPSA) is 38.3 Å². The molecule has 3 aromatic rings. The first-order valence-electron chi connectivity index (χ1n) is 7.03. The van der Waals surface area contributed by atoms with Gasteiger partial charge in [-0.25, -0.2) is 0 Å². The molecule has 0 saturated carbocycles. The first kappa shape index (κ1) is 17.1. The Morgan fingerprint density at radius 3 is 2.54 bits per heavy atom. The Bertz CT molecular complexity index is 944. The van der Waals surface area contributed by atoms with E-state index in [1.807, 2.05) is 24.3 Å². The summed E-state index contributed by atoms with van der Waals surface area (Å²) in [6.45, 7) is 0. The zero-order valence-electron chi connectivity index (χ0n) is 12.6. The van der Waals surface area contributed by atoms with Gasteiger partial charge in [0.05, 0.1) is 27.2 Å². The van der Waals surface area contributed by atoms with Crippen LogP contribution in [0.15, 0.2) is 53.0 Å². The predicted molar refractivity (Wildman–Crippen MR) is 103 cm³/mol. The molecule has 3 nitrogen and oxygen atoms in total. The summed E-state index contributed by atoms with van der Waals surface area (Å²) in [7, 11) is 1.53. The summed E-state index contributed by atoms with van der Waals surface area (Å²) in [5.41, 5.74) is 0.981. The van der Waals surface area contributed by atoms with Gasteiger partial charge < -0.3 is 10.1 Å². The van der Waals surface area contributed by atoms with Gasteiger partial charge in [-0.2, -0.15) is 0 Å². The van der Waals surface area contributed by atoms with Crippen LogP contribution in [0.2, 0.25) is 10.0 Å². The molecule has 0 unspecified atom stereocenters. The number of amides is 1. The van der Waals surface area contributed by atoms with Crippen molar-refractivity contribution in [3.8, 4) is 5.75 Å². The second-order valence-corrected chi connectivity index (χ2v) is 6.68. The van der Waals surface area contributed by atoms with Gasteiger partial charge in [0.1, 0.15) is 5.75 Å². The molecule has 0 bridgehead atoms. The van der Waals surface area contributed by atoms with Crippen LogP contribution in [0.3, 0.4) is 0 Å². The Morgan fingerprint density at radius 1 is 1.08 bits per heavy atom. The molecule has 0 aromatic heterocycles. The number of halogens is 3. The predicted octanol–water partition coefficient (Wildman–Crippen LogP) is 6.17. The van der Waals surface area contributed by atoms with Crippen molar-refractivity contribution in [2.45, 2.75) is 0 Å². The third-order valence-corrected chi connectivity index (χ3v) is 5.09. The lowest BCUT2D eigenvalue weighted by molar-refractivity contribution is 0.102. The molecule has 3 aromatic carbocycles. The monoisotopic (exact) mass is 423 g/mol. The molecule has 0 aliphatic rings. The number of rotatable bonds is 3. The van der Waals surface area contributed by atoms with E-state index in [1.54, 1.807) is 24.3 Å². The van der Waals surface area contributed by atoms with Gasteiger partial charge in [-0.1, -0.05) is 47.5 Å². The number of anilines is 1. The molecular formula is C18H12BrCl2NO2. The quantitative estimate of drug-likeness (QED) is 0.545. The maximum Gasteiger partial charge on any atom is 0.259 e. The summed E-state index contributed by atoms with van der Waals surface area (Å²) in [6.07, 6.45) is 0. The van der Waals surface area contributed by atoms with Crippen LogP contribution in [-0.2, 0) is 0 Å². The van der Waals surface area contributed by atoms with Gasteiger partial charge in [0.2, 0.25) is 0 Å².